The zero-order chi connectivity index (χ0) is 22.6. The lowest BCUT2D eigenvalue weighted by atomic mass is 10.2. The second-order valence-electron chi connectivity index (χ2n) is 6.99. The molecule has 3 aromatic rings. The van der Waals surface area contributed by atoms with Gasteiger partial charge in [-0.2, -0.15) is 18.3 Å². The van der Waals surface area contributed by atoms with Gasteiger partial charge in [0.05, 0.1) is 23.2 Å². The Morgan fingerprint density at radius 1 is 1.19 bits per heavy atom. The summed E-state index contributed by atoms with van der Waals surface area (Å²) < 4.78 is 40.1. The number of carbonyl (C=O) groups excluding carboxylic acids is 1. The van der Waals surface area contributed by atoms with Crippen molar-refractivity contribution in [1.82, 2.24) is 10.2 Å². The van der Waals surface area contributed by atoms with Gasteiger partial charge in [0.25, 0.3) is 5.91 Å². The first-order valence-corrected chi connectivity index (χ1v) is 11.5. The van der Waals surface area contributed by atoms with E-state index in [0.29, 0.717) is 21.1 Å². The average molecular weight is 478 g/mol. The first-order valence-electron chi connectivity index (χ1n) is 9.70. The Morgan fingerprint density at radius 3 is 2.69 bits per heavy atom. The van der Waals surface area contributed by atoms with Crippen LogP contribution in [0, 0.1) is 0 Å². The second-order valence-corrected chi connectivity index (χ2v) is 9.19. The van der Waals surface area contributed by atoms with E-state index >= 15 is 0 Å². The fourth-order valence-electron chi connectivity index (χ4n) is 2.67. The fraction of sp³-hybridized carbons (Fsp3) is 0.238. The maximum atomic E-state index is 13.2. The zero-order valence-electron chi connectivity index (χ0n) is 16.6. The van der Waals surface area contributed by atoms with Gasteiger partial charge in [0, 0.05) is 6.04 Å². The number of hydrogen-bond donors (Lipinski definition) is 1. The minimum absolute atomic E-state index is 0.0333. The van der Waals surface area contributed by atoms with Gasteiger partial charge in [-0.1, -0.05) is 59.5 Å². The Kier molecular flexibility index (Phi) is 6.75. The molecule has 0 atom stereocenters. The second kappa shape index (κ2) is 9.70. The summed E-state index contributed by atoms with van der Waals surface area (Å²) in [6.07, 6.45) is -0.886. The molecule has 11 heteroatoms. The van der Waals surface area contributed by atoms with E-state index in [9.17, 15) is 18.0 Å². The van der Waals surface area contributed by atoms with Crippen molar-refractivity contribution in [3.8, 4) is 0 Å². The van der Waals surface area contributed by atoms with Crippen LogP contribution in [-0.4, -0.2) is 34.1 Å². The molecule has 0 spiro atoms. The summed E-state index contributed by atoms with van der Waals surface area (Å²) in [6.45, 7) is 0. The lowest BCUT2D eigenvalue weighted by Crippen LogP contribution is -2.27. The third kappa shape index (κ3) is 6.07. The molecule has 1 heterocycles. The molecule has 1 aliphatic carbocycles. The predicted octanol–water partition coefficient (Wildman–Crippen LogP) is 5.29. The van der Waals surface area contributed by atoms with Crippen LogP contribution < -0.4 is 10.3 Å². The van der Waals surface area contributed by atoms with Crippen LogP contribution in [0.2, 0.25) is 0 Å². The molecule has 1 aromatic heterocycles. The number of nitrogens with zero attached hydrogens (tertiary/aromatic N) is 4. The van der Waals surface area contributed by atoms with Gasteiger partial charge < -0.3 is 5.32 Å². The van der Waals surface area contributed by atoms with Gasteiger partial charge in [0.1, 0.15) is 0 Å². The van der Waals surface area contributed by atoms with Gasteiger partial charge in [-0.05, 0) is 36.6 Å². The zero-order valence-corrected chi connectivity index (χ0v) is 18.3. The number of rotatable bonds is 8. The molecule has 1 saturated carbocycles. The van der Waals surface area contributed by atoms with Crippen molar-refractivity contribution in [2.75, 3.05) is 16.1 Å². The molecule has 0 radical (unpaired) electrons. The fourth-order valence-corrected chi connectivity index (χ4v) is 4.34. The van der Waals surface area contributed by atoms with Crippen molar-refractivity contribution in [3.05, 3.63) is 65.7 Å². The number of anilines is 2. The number of amides is 1. The van der Waals surface area contributed by atoms with Crippen LogP contribution in [0.4, 0.5) is 24.0 Å². The minimum atomic E-state index is -4.53. The molecule has 1 amide bonds. The summed E-state index contributed by atoms with van der Waals surface area (Å²) in [5.41, 5.74) is -0.105. The van der Waals surface area contributed by atoms with E-state index in [0.717, 1.165) is 30.0 Å². The van der Waals surface area contributed by atoms with Gasteiger partial charge in [0.2, 0.25) is 5.13 Å². The van der Waals surface area contributed by atoms with Gasteiger partial charge in [-0.25, -0.2) is 5.01 Å². The molecular formula is C21H18F3N5OS2. The van der Waals surface area contributed by atoms with Crippen LogP contribution in [0.3, 0.4) is 0 Å². The van der Waals surface area contributed by atoms with Crippen LogP contribution in [0.5, 0.6) is 0 Å². The van der Waals surface area contributed by atoms with Crippen LogP contribution in [0.15, 0.2) is 64.0 Å². The van der Waals surface area contributed by atoms with E-state index < -0.39 is 17.6 Å². The van der Waals surface area contributed by atoms with E-state index in [1.165, 1.54) is 41.4 Å². The summed E-state index contributed by atoms with van der Waals surface area (Å²) in [6, 6.07) is 14.0. The molecule has 2 aromatic carbocycles. The third-order valence-corrected chi connectivity index (χ3v) is 6.38. The van der Waals surface area contributed by atoms with Crippen molar-refractivity contribution >= 4 is 46.0 Å². The Balaban J connectivity index is 1.52. The highest BCUT2D eigenvalue weighted by molar-refractivity contribution is 8.01. The maximum Gasteiger partial charge on any atom is 0.416 e. The highest BCUT2D eigenvalue weighted by Gasteiger charge is 2.31. The molecule has 1 aliphatic rings. The summed E-state index contributed by atoms with van der Waals surface area (Å²) in [5, 5.41) is 17.2. The van der Waals surface area contributed by atoms with E-state index in [1.54, 1.807) is 24.3 Å². The Labute approximate surface area is 190 Å². The molecule has 0 saturated heterocycles. The summed E-state index contributed by atoms with van der Waals surface area (Å²) in [7, 11) is 0. The van der Waals surface area contributed by atoms with Crippen LogP contribution in [-0.2, 0) is 11.0 Å². The van der Waals surface area contributed by atoms with E-state index in [1.807, 2.05) is 6.07 Å². The molecule has 0 unspecified atom stereocenters. The highest BCUT2D eigenvalue weighted by Crippen LogP contribution is 2.33. The highest BCUT2D eigenvalue weighted by atomic mass is 32.2. The Bertz CT molecular complexity index is 1100. The third-order valence-electron chi connectivity index (χ3n) is 4.41. The van der Waals surface area contributed by atoms with Crippen LogP contribution in [0.1, 0.15) is 24.0 Å². The number of benzene rings is 2. The number of hydrogen-bond acceptors (Lipinski definition) is 7. The number of halogens is 3. The predicted molar refractivity (Wildman–Crippen MR) is 120 cm³/mol. The summed E-state index contributed by atoms with van der Waals surface area (Å²) >= 11 is 2.51. The molecule has 4 rings (SSSR count). The van der Waals surface area contributed by atoms with Gasteiger partial charge in [0.15, 0.2) is 4.34 Å². The van der Waals surface area contributed by atoms with Gasteiger partial charge in [-0.3, -0.25) is 4.79 Å². The Morgan fingerprint density at radius 2 is 1.97 bits per heavy atom. The van der Waals surface area contributed by atoms with E-state index in [2.05, 4.69) is 20.6 Å². The number of hydrazone groups is 1. The molecular weight excluding hydrogens is 459 g/mol. The van der Waals surface area contributed by atoms with Crippen molar-refractivity contribution < 1.29 is 18.0 Å². The number of aromatic nitrogens is 2. The van der Waals surface area contributed by atoms with Crippen molar-refractivity contribution in [1.29, 1.82) is 0 Å². The van der Waals surface area contributed by atoms with Crippen molar-refractivity contribution in [2.45, 2.75) is 29.4 Å². The lowest BCUT2D eigenvalue weighted by molar-refractivity contribution is -0.137. The first-order chi connectivity index (χ1) is 15.4. The molecule has 1 fully saturated rings. The molecule has 32 heavy (non-hydrogen) atoms. The summed E-state index contributed by atoms with van der Waals surface area (Å²) in [4.78, 5) is 12.9. The maximum absolute atomic E-state index is 13.2. The standard InChI is InChI=1S/C21H18F3N5OS2/c22-21(23,24)15-7-4-8-17(11-15)29(25-12-14-5-2-1-3-6-14)18(30)13-31-20-28-27-19(32-20)26-16-9-10-16/h1-8,11-12,16H,9-10,13H2,(H,26,27)/b25-12+. The van der Waals surface area contributed by atoms with E-state index in [-0.39, 0.29) is 11.4 Å². The van der Waals surface area contributed by atoms with Crippen molar-refractivity contribution in [2.24, 2.45) is 5.10 Å². The number of carbonyl (C=O) groups is 1. The van der Waals surface area contributed by atoms with Gasteiger partial charge in [-0.15, -0.1) is 10.2 Å². The molecule has 6 nitrogen and oxygen atoms in total. The molecule has 0 aliphatic heterocycles. The van der Waals surface area contributed by atoms with E-state index in [4.69, 9.17) is 0 Å². The largest absolute Gasteiger partial charge is 0.416 e. The molecule has 166 valence electrons. The molecule has 1 N–H and O–H groups in total. The quantitative estimate of drug-likeness (QED) is 0.271. The lowest BCUT2D eigenvalue weighted by Gasteiger charge is -2.18. The minimum Gasteiger partial charge on any atom is -0.357 e. The SMILES string of the molecule is O=C(CSc1nnc(NC2CC2)s1)N(/N=C/c1ccccc1)c1cccc(C(F)(F)F)c1. The Hall–Kier alpha value is -2.92. The monoisotopic (exact) mass is 477 g/mol. The molecule has 0 bridgehead atoms. The number of nitrogens with one attached hydrogen (secondary N) is 1. The van der Waals surface area contributed by atoms with Crippen LogP contribution >= 0.6 is 23.1 Å². The summed E-state index contributed by atoms with van der Waals surface area (Å²) in [5.74, 6) is -0.533. The smallest absolute Gasteiger partial charge is 0.357 e. The van der Waals surface area contributed by atoms with Crippen LogP contribution in [0.25, 0.3) is 0 Å². The normalized spacial score (nSPS) is 14.0. The average Bonchev–Trinajstić information content (AvgIpc) is 3.48. The van der Waals surface area contributed by atoms with Crippen molar-refractivity contribution in [3.63, 3.8) is 0 Å². The first kappa shape index (κ1) is 22.3. The van der Waals surface area contributed by atoms with Gasteiger partial charge >= 0.3 is 6.18 Å². The number of thioether (sulfide) groups is 1. The topological polar surface area (TPSA) is 70.5 Å². The number of alkyl halides is 3.